The molecule has 2 amide bonds. The van der Waals surface area contributed by atoms with Gasteiger partial charge in [-0.15, -0.1) is 0 Å². The summed E-state index contributed by atoms with van der Waals surface area (Å²) in [5, 5.41) is 2.65. The van der Waals surface area contributed by atoms with Crippen LogP contribution in [0.5, 0.6) is 0 Å². The first-order valence-electron chi connectivity index (χ1n) is 5.55. The topological polar surface area (TPSA) is 49.4 Å². The third-order valence-corrected chi connectivity index (χ3v) is 3.49. The fraction of sp³-hybridized carbons (Fsp3) is 0.818. The third-order valence-electron chi connectivity index (χ3n) is 3.49. The molecule has 1 unspecified atom stereocenters. The van der Waals surface area contributed by atoms with Gasteiger partial charge < -0.3 is 10.2 Å². The first-order valence-corrected chi connectivity index (χ1v) is 5.55. The van der Waals surface area contributed by atoms with E-state index in [1.807, 2.05) is 20.8 Å². The molecule has 1 heterocycles. The van der Waals surface area contributed by atoms with E-state index >= 15 is 0 Å². The standard InChI is InChI=1S/C11H20N2O2/c1-5-11(4,6-2)13-7-9(14)12-8(3)10(13)15/h8H,5-7H2,1-4H3,(H,12,14). The van der Waals surface area contributed by atoms with Crippen molar-refractivity contribution in [1.29, 1.82) is 0 Å². The molecule has 0 aromatic heterocycles. The molecule has 0 saturated carbocycles. The molecule has 86 valence electrons. The van der Waals surface area contributed by atoms with Gasteiger partial charge in [0.25, 0.3) is 0 Å². The van der Waals surface area contributed by atoms with Gasteiger partial charge in [0.2, 0.25) is 11.8 Å². The number of rotatable bonds is 3. The minimum Gasteiger partial charge on any atom is -0.343 e. The average molecular weight is 212 g/mol. The highest BCUT2D eigenvalue weighted by molar-refractivity contribution is 5.95. The minimum atomic E-state index is -0.385. The molecule has 1 aliphatic heterocycles. The molecule has 1 saturated heterocycles. The van der Waals surface area contributed by atoms with Gasteiger partial charge in [-0.1, -0.05) is 13.8 Å². The van der Waals surface area contributed by atoms with Crippen molar-refractivity contribution < 1.29 is 9.59 Å². The lowest BCUT2D eigenvalue weighted by Crippen LogP contribution is -2.63. The van der Waals surface area contributed by atoms with Crippen molar-refractivity contribution >= 4 is 11.8 Å². The predicted molar refractivity (Wildman–Crippen MR) is 58.3 cm³/mol. The molecule has 0 radical (unpaired) electrons. The van der Waals surface area contributed by atoms with Gasteiger partial charge in [-0.2, -0.15) is 0 Å². The lowest BCUT2D eigenvalue weighted by Gasteiger charge is -2.43. The summed E-state index contributed by atoms with van der Waals surface area (Å²) in [5.74, 6) is -0.0315. The van der Waals surface area contributed by atoms with Gasteiger partial charge in [0.05, 0.1) is 0 Å². The van der Waals surface area contributed by atoms with E-state index in [1.165, 1.54) is 0 Å². The Kier molecular flexibility index (Phi) is 3.37. The van der Waals surface area contributed by atoms with E-state index in [1.54, 1.807) is 11.8 Å². The van der Waals surface area contributed by atoms with Crippen LogP contribution >= 0.6 is 0 Å². The van der Waals surface area contributed by atoms with Gasteiger partial charge >= 0.3 is 0 Å². The fourth-order valence-electron chi connectivity index (χ4n) is 1.89. The van der Waals surface area contributed by atoms with Gasteiger partial charge in [0.15, 0.2) is 0 Å². The molecule has 0 aromatic carbocycles. The van der Waals surface area contributed by atoms with Crippen LogP contribution in [0.15, 0.2) is 0 Å². The zero-order chi connectivity index (χ0) is 11.6. The zero-order valence-electron chi connectivity index (χ0n) is 9.96. The summed E-state index contributed by atoms with van der Waals surface area (Å²) in [7, 11) is 0. The Morgan fingerprint density at radius 3 is 2.40 bits per heavy atom. The highest BCUT2D eigenvalue weighted by atomic mass is 16.2. The molecule has 0 aromatic rings. The smallest absolute Gasteiger partial charge is 0.245 e. The number of hydrogen-bond donors (Lipinski definition) is 1. The first-order chi connectivity index (χ1) is 6.94. The van der Waals surface area contributed by atoms with Crippen LogP contribution in [0.1, 0.15) is 40.5 Å². The lowest BCUT2D eigenvalue weighted by molar-refractivity contribution is -0.150. The summed E-state index contributed by atoms with van der Waals surface area (Å²) in [4.78, 5) is 25.1. The number of carbonyl (C=O) groups excluding carboxylic acids is 2. The van der Waals surface area contributed by atoms with Crippen molar-refractivity contribution in [2.24, 2.45) is 0 Å². The minimum absolute atomic E-state index is 0.0285. The van der Waals surface area contributed by atoms with Crippen molar-refractivity contribution in [1.82, 2.24) is 10.2 Å². The van der Waals surface area contributed by atoms with E-state index < -0.39 is 0 Å². The lowest BCUT2D eigenvalue weighted by atomic mass is 9.91. The van der Waals surface area contributed by atoms with Gasteiger partial charge in [-0.25, -0.2) is 0 Å². The van der Waals surface area contributed by atoms with Crippen molar-refractivity contribution in [3.05, 3.63) is 0 Å². The number of nitrogens with one attached hydrogen (secondary N) is 1. The molecule has 4 nitrogen and oxygen atoms in total. The molecule has 1 rings (SSSR count). The quantitative estimate of drug-likeness (QED) is 0.756. The highest BCUT2D eigenvalue weighted by Crippen LogP contribution is 2.25. The summed E-state index contributed by atoms with van der Waals surface area (Å²) in [6.45, 7) is 8.07. The number of amides is 2. The average Bonchev–Trinajstić information content (AvgIpc) is 2.22. The number of hydrogen-bond acceptors (Lipinski definition) is 2. The zero-order valence-corrected chi connectivity index (χ0v) is 9.96. The Labute approximate surface area is 91.0 Å². The van der Waals surface area contributed by atoms with Crippen LogP contribution in [0.4, 0.5) is 0 Å². The molecule has 0 spiro atoms. The van der Waals surface area contributed by atoms with E-state index in [9.17, 15) is 9.59 Å². The normalized spacial score (nSPS) is 22.9. The van der Waals surface area contributed by atoms with Crippen molar-refractivity contribution in [3.8, 4) is 0 Å². The Morgan fingerprint density at radius 2 is 1.93 bits per heavy atom. The van der Waals surface area contributed by atoms with Gasteiger partial charge in [-0.05, 0) is 26.7 Å². The van der Waals surface area contributed by atoms with Crippen molar-refractivity contribution in [2.45, 2.75) is 52.1 Å². The predicted octanol–water partition coefficient (Wildman–Crippen LogP) is 0.912. The Hall–Kier alpha value is -1.06. The maximum atomic E-state index is 11.9. The van der Waals surface area contributed by atoms with Gasteiger partial charge in [-0.3, -0.25) is 9.59 Å². The van der Waals surface area contributed by atoms with Crippen LogP contribution in [0.25, 0.3) is 0 Å². The van der Waals surface area contributed by atoms with E-state index in [0.29, 0.717) is 0 Å². The summed E-state index contributed by atoms with van der Waals surface area (Å²) < 4.78 is 0. The van der Waals surface area contributed by atoms with Crippen molar-refractivity contribution in [3.63, 3.8) is 0 Å². The molecule has 0 bridgehead atoms. The van der Waals surface area contributed by atoms with Gasteiger partial charge in [0, 0.05) is 5.54 Å². The Bertz CT molecular complexity index is 272. The van der Waals surface area contributed by atoms with Crippen LogP contribution in [0.2, 0.25) is 0 Å². The molecule has 1 N–H and O–H groups in total. The van der Waals surface area contributed by atoms with E-state index in [-0.39, 0.29) is 29.9 Å². The monoisotopic (exact) mass is 212 g/mol. The second-order valence-corrected chi connectivity index (χ2v) is 4.42. The van der Waals surface area contributed by atoms with E-state index in [4.69, 9.17) is 0 Å². The molecule has 1 atom stereocenters. The van der Waals surface area contributed by atoms with Crippen LogP contribution in [-0.2, 0) is 9.59 Å². The first kappa shape index (κ1) is 12.0. The molecule has 1 fully saturated rings. The molecule has 0 aliphatic carbocycles. The summed E-state index contributed by atoms with van der Waals surface area (Å²) in [6.07, 6.45) is 1.74. The second kappa shape index (κ2) is 4.21. The van der Waals surface area contributed by atoms with E-state index in [2.05, 4.69) is 5.32 Å². The van der Waals surface area contributed by atoms with Crippen LogP contribution in [0, 0.1) is 0 Å². The fourth-order valence-corrected chi connectivity index (χ4v) is 1.89. The largest absolute Gasteiger partial charge is 0.343 e. The van der Waals surface area contributed by atoms with Crippen LogP contribution < -0.4 is 5.32 Å². The van der Waals surface area contributed by atoms with E-state index in [0.717, 1.165) is 12.8 Å². The van der Waals surface area contributed by atoms with Gasteiger partial charge in [0.1, 0.15) is 12.6 Å². The van der Waals surface area contributed by atoms with Crippen molar-refractivity contribution in [2.75, 3.05) is 6.54 Å². The number of carbonyl (C=O) groups is 2. The molecular weight excluding hydrogens is 192 g/mol. The molecule has 4 heteroatoms. The Morgan fingerprint density at radius 1 is 1.40 bits per heavy atom. The summed E-state index contributed by atoms with van der Waals surface area (Å²) in [5.41, 5.74) is -0.191. The maximum absolute atomic E-state index is 11.9. The summed E-state index contributed by atoms with van der Waals surface area (Å²) >= 11 is 0. The SMILES string of the molecule is CCC(C)(CC)N1CC(=O)NC(C)C1=O. The van der Waals surface area contributed by atoms with Crippen LogP contribution in [-0.4, -0.2) is 34.8 Å². The summed E-state index contributed by atoms with van der Waals surface area (Å²) in [6, 6.07) is -0.385. The molecule has 1 aliphatic rings. The molecular formula is C11H20N2O2. The maximum Gasteiger partial charge on any atom is 0.245 e. The second-order valence-electron chi connectivity index (χ2n) is 4.42. The number of piperazine rings is 1. The third kappa shape index (κ3) is 2.13. The van der Waals surface area contributed by atoms with Crippen LogP contribution in [0.3, 0.4) is 0 Å². The number of nitrogens with zero attached hydrogens (tertiary/aromatic N) is 1. The Balaban J connectivity index is 2.91. The highest BCUT2D eigenvalue weighted by Gasteiger charge is 2.39. The molecule has 15 heavy (non-hydrogen) atoms.